The number of amides is 1. The van der Waals surface area contributed by atoms with Crippen molar-refractivity contribution in [2.24, 2.45) is 7.05 Å². The van der Waals surface area contributed by atoms with Crippen LogP contribution in [0, 0.1) is 0 Å². The number of fused-ring (bicyclic) bond motifs is 1. The Morgan fingerprint density at radius 3 is 2.52 bits per heavy atom. The van der Waals surface area contributed by atoms with Gasteiger partial charge < -0.3 is 19.5 Å². The van der Waals surface area contributed by atoms with E-state index in [9.17, 15) is 13.2 Å². The Labute approximate surface area is 244 Å². The van der Waals surface area contributed by atoms with E-state index in [-0.39, 0.29) is 18.1 Å². The highest BCUT2D eigenvalue weighted by molar-refractivity contribution is 7.89. The van der Waals surface area contributed by atoms with Gasteiger partial charge in [0.1, 0.15) is 11.6 Å². The molecule has 0 aliphatic rings. The lowest BCUT2D eigenvalue weighted by Gasteiger charge is -2.19. The fourth-order valence-electron chi connectivity index (χ4n) is 4.54. The first-order chi connectivity index (χ1) is 20.1. The van der Waals surface area contributed by atoms with Crippen molar-refractivity contribution in [1.29, 1.82) is 0 Å². The Morgan fingerprint density at radius 2 is 1.79 bits per heavy atom. The SMILES string of the molecule is COc1ccccc1CC(=O)Nc1nc2cc(N(C)c3ccnc(Nc4ccc(CS(C)(=O)=O)cc4)n3)ccc2n1C. The molecule has 2 aromatic heterocycles. The predicted octanol–water partition coefficient (Wildman–Crippen LogP) is 4.61. The molecule has 0 saturated carbocycles. The van der Waals surface area contributed by atoms with Crippen molar-refractivity contribution in [3.05, 3.63) is 90.1 Å². The topological polar surface area (TPSA) is 131 Å². The second kappa shape index (κ2) is 11.9. The zero-order chi connectivity index (χ0) is 29.9. The molecule has 0 aliphatic heterocycles. The van der Waals surface area contributed by atoms with Gasteiger partial charge in [-0.2, -0.15) is 4.98 Å². The number of rotatable bonds is 10. The monoisotopic (exact) mass is 585 g/mol. The highest BCUT2D eigenvalue weighted by atomic mass is 32.2. The van der Waals surface area contributed by atoms with E-state index in [4.69, 9.17) is 4.74 Å². The van der Waals surface area contributed by atoms with Crippen LogP contribution in [-0.4, -0.2) is 54.3 Å². The average molecular weight is 586 g/mol. The Morgan fingerprint density at radius 1 is 1.02 bits per heavy atom. The van der Waals surface area contributed by atoms with Crippen LogP contribution in [-0.2, 0) is 33.9 Å². The molecular formula is C30H31N7O4S. The third-order valence-electron chi connectivity index (χ3n) is 6.67. The summed E-state index contributed by atoms with van der Waals surface area (Å²) in [7, 11) is 2.23. The second-order valence-corrected chi connectivity index (χ2v) is 12.0. The summed E-state index contributed by atoms with van der Waals surface area (Å²) in [4.78, 5) is 28.3. The van der Waals surface area contributed by atoms with Crippen molar-refractivity contribution in [3.63, 3.8) is 0 Å². The number of benzene rings is 3. The van der Waals surface area contributed by atoms with Crippen LogP contribution < -0.4 is 20.3 Å². The largest absolute Gasteiger partial charge is 0.496 e. The number of para-hydroxylation sites is 1. The molecule has 0 spiro atoms. The number of sulfone groups is 1. The Hall–Kier alpha value is -4.97. The van der Waals surface area contributed by atoms with Crippen LogP contribution in [0.4, 0.5) is 29.1 Å². The molecule has 2 heterocycles. The van der Waals surface area contributed by atoms with Gasteiger partial charge in [0.15, 0.2) is 9.84 Å². The predicted molar refractivity (Wildman–Crippen MR) is 164 cm³/mol. The van der Waals surface area contributed by atoms with E-state index in [1.165, 1.54) is 6.26 Å². The third-order valence-corrected chi connectivity index (χ3v) is 7.53. The van der Waals surface area contributed by atoms with Gasteiger partial charge in [0.25, 0.3) is 0 Å². The summed E-state index contributed by atoms with van der Waals surface area (Å²) in [6.07, 6.45) is 3.03. The molecule has 0 saturated heterocycles. The number of ether oxygens (including phenoxy) is 1. The maximum absolute atomic E-state index is 12.8. The molecule has 42 heavy (non-hydrogen) atoms. The molecule has 0 unspecified atom stereocenters. The second-order valence-electron chi connectivity index (χ2n) is 9.89. The van der Waals surface area contributed by atoms with Crippen LogP contribution in [0.25, 0.3) is 11.0 Å². The Balaban J connectivity index is 1.30. The van der Waals surface area contributed by atoms with Crippen LogP contribution in [0.3, 0.4) is 0 Å². The average Bonchev–Trinajstić information content (AvgIpc) is 3.27. The summed E-state index contributed by atoms with van der Waals surface area (Å²) in [6, 6.07) is 22.2. The number of aromatic nitrogens is 4. The van der Waals surface area contributed by atoms with E-state index in [1.54, 1.807) is 43.6 Å². The van der Waals surface area contributed by atoms with E-state index in [0.717, 1.165) is 28.0 Å². The van der Waals surface area contributed by atoms with Gasteiger partial charge in [-0.3, -0.25) is 10.1 Å². The number of hydrogen-bond donors (Lipinski definition) is 2. The molecule has 12 heteroatoms. The van der Waals surface area contributed by atoms with Crippen LogP contribution >= 0.6 is 0 Å². The van der Waals surface area contributed by atoms with E-state index in [2.05, 4.69) is 25.6 Å². The Bertz CT molecular complexity index is 1850. The lowest BCUT2D eigenvalue weighted by atomic mass is 10.1. The summed E-state index contributed by atoms with van der Waals surface area (Å²) < 4.78 is 30.3. The van der Waals surface area contributed by atoms with E-state index in [1.807, 2.05) is 66.0 Å². The van der Waals surface area contributed by atoms with Gasteiger partial charge in [0.2, 0.25) is 17.8 Å². The quantitative estimate of drug-likeness (QED) is 0.241. The number of anilines is 5. The lowest BCUT2D eigenvalue weighted by molar-refractivity contribution is -0.115. The van der Waals surface area contributed by atoms with Gasteiger partial charge >= 0.3 is 0 Å². The normalized spacial score (nSPS) is 11.3. The molecule has 3 aromatic carbocycles. The van der Waals surface area contributed by atoms with Crippen LogP contribution in [0.15, 0.2) is 79.0 Å². The van der Waals surface area contributed by atoms with Crippen LogP contribution in [0.2, 0.25) is 0 Å². The van der Waals surface area contributed by atoms with Crippen molar-refractivity contribution < 1.29 is 17.9 Å². The molecule has 5 aromatic rings. The minimum Gasteiger partial charge on any atom is -0.496 e. The van der Waals surface area contributed by atoms with Crippen molar-refractivity contribution in [2.75, 3.05) is 35.9 Å². The highest BCUT2D eigenvalue weighted by Gasteiger charge is 2.15. The summed E-state index contributed by atoms with van der Waals surface area (Å²) in [5.74, 6) is 1.95. The van der Waals surface area contributed by atoms with Crippen molar-refractivity contribution in [3.8, 4) is 5.75 Å². The van der Waals surface area contributed by atoms with Gasteiger partial charge in [-0.25, -0.2) is 18.4 Å². The number of aryl methyl sites for hydroxylation is 1. The molecule has 0 radical (unpaired) electrons. The maximum atomic E-state index is 12.8. The molecule has 216 valence electrons. The van der Waals surface area contributed by atoms with Gasteiger partial charge in [-0.1, -0.05) is 30.3 Å². The smallest absolute Gasteiger partial charge is 0.231 e. The van der Waals surface area contributed by atoms with E-state index < -0.39 is 9.84 Å². The minimum atomic E-state index is -3.10. The summed E-state index contributed by atoms with van der Waals surface area (Å²) >= 11 is 0. The summed E-state index contributed by atoms with van der Waals surface area (Å²) in [5.41, 5.74) is 4.68. The van der Waals surface area contributed by atoms with E-state index >= 15 is 0 Å². The van der Waals surface area contributed by atoms with Gasteiger partial charge in [-0.15, -0.1) is 0 Å². The highest BCUT2D eigenvalue weighted by Crippen LogP contribution is 2.28. The molecule has 2 N–H and O–H groups in total. The molecule has 11 nitrogen and oxygen atoms in total. The third kappa shape index (κ3) is 6.66. The number of nitrogens with one attached hydrogen (secondary N) is 2. The fourth-order valence-corrected chi connectivity index (χ4v) is 5.34. The zero-order valence-corrected chi connectivity index (χ0v) is 24.5. The van der Waals surface area contributed by atoms with Gasteiger partial charge in [-0.05, 0) is 48.0 Å². The Kier molecular flexibility index (Phi) is 8.07. The number of carbonyl (C=O) groups is 1. The number of methoxy groups -OCH3 is 1. The van der Waals surface area contributed by atoms with Crippen LogP contribution in [0.5, 0.6) is 5.75 Å². The minimum absolute atomic E-state index is 0.0124. The van der Waals surface area contributed by atoms with Crippen LogP contribution in [0.1, 0.15) is 11.1 Å². The maximum Gasteiger partial charge on any atom is 0.231 e. The van der Waals surface area contributed by atoms with E-state index in [0.29, 0.717) is 29.0 Å². The van der Waals surface area contributed by atoms with Gasteiger partial charge in [0.05, 0.1) is 30.3 Å². The molecule has 0 atom stereocenters. The van der Waals surface area contributed by atoms with Crippen molar-refractivity contribution in [1.82, 2.24) is 19.5 Å². The summed E-state index contributed by atoms with van der Waals surface area (Å²) in [6.45, 7) is 0. The first kappa shape index (κ1) is 28.6. The van der Waals surface area contributed by atoms with Crippen molar-refractivity contribution >= 4 is 55.9 Å². The van der Waals surface area contributed by atoms with Crippen molar-refractivity contribution in [2.45, 2.75) is 12.2 Å². The number of nitrogens with zero attached hydrogens (tertiary/aromatic N) is 5. The first-order valence-corrected chi connectivity index (χ1v) is 15.1. The molecule has 0 fully saturated rings. The molecular weight excluding hydrogens is 554 g/mol. The molecule has 5 rings (SSSR count). The van der Waals surface area contributed by atoms with Gasteiger partial charge in [0, 0.05) is 43.5 Å². The molecule has 0 bridgehead atoms. The number of hydrogen-bond acceptors (Lipinski definition) is 9. The summed E-state index contributed by atoms with van der Waals surface area (Å²) in [5, 5.41) is 6.07. The number of carbonyl (C=O) groups excluding carboxylic acids is 1. The zero-order valence-electron chi connectivity index (χ0n) is 23.7. The first-order valence-electron chi connectivity index (χ1n) is 13.1. The lowest BCUT2D eigenvalue weighted by Crippen LogP contribution is -2.17. The molecule has 0 aliphatic carbocycles. The number of imidazole rings is 1. The molecule has 1 amide bonds. The standard InChI is InChI=1S/C30H31N7O4S/c1-36(27-15-16-31-29(34-27)32-22-11-9-20(10-12-22)19-42(4,39)40)23-13-14-25-24(18-23)33-30(37(25)2)35-28(38)17-21-7-5-6-8-26(21)41-3/h5-16,18H,17,19H2,1-4H3,(H,31,32,34)(H,33,35,38). The fraction of sp³-hybridized carbons (Fsp3) is 0.200.